The van der Waals surface area contributed by atoms with Crippen molar-refractivity contribution in [1.82, 2.24) is 20.1 Å². The summed E-state index contributed by atoms with van der Waals surface area (Å²) in [5.74, 6) is -1.28. The summed E-state index contributed by atoms with van der Waals surface area (Å²) in [6.07, 6.45) is 3.59. The number of anilines is 1. The number of pyridine rings is 1. The summed E-state index contributed by atoms with van der Waals surface area (Å²) >= 11 is 0. The van der Waals surface area contributed by atoms with Gasteiger partial charge in [-0.1, -0.05) is 54.1 Å². The molecular formula is C29H35N5O2. The van der Waals surface area contributed by atoms with Crippen molar-refractivity contribution in [1.29, 1.82) is 0 Å². The van der Waals surface area contributed by atoms with Crippen molar-refractivity contribution in [3.8, 4) is 0 Å². The molecule has 0 spiro atoms. The highest BCUT2D eigenvalue weighted by Crippen LogP contribution is 2.23. The number of nitrogens with zero attached hydrogens (tertiary/aromatic N) is 3. The second kappa shape index (κ2) is 11.9. The van der Waals surface area contributed by atoms with E-state index in [4.69, 9.17) is 0 Å². The van der Waals surface area contributed by atoms with Crippen molar-refractivity contribution >= 4 is 17.5 Å². The molecule has 2 N–H and O–H groups in total. The van der Waals surface area contributed by atoms with E-state index < -0.39 is 11.8 Å². The first-order chi connectivity index (χ1) is 17.4. The summed E-state index contributed by atoms with van der Waals surface area (Å²) in [7, 11) is 0. The predicted octanol–water partition coefficient (Wildman–Crippen LogP) is 3.62. The van der Waals surface area contributed by atoms with Gasteiger partial charge in [-0.2, -0.15) is 0 Å². The van der Waals surface area contributed by atoms with E-state index in [0.29, 0.717) is 12.2 Å². The quantitative estimate of drug-likeness (QED) is 0.500. The van der Waals surface area contributed by atoms with Crippen molar-refractivity contribution < 1.29 is 9.59 Å². The number of hydrogen-bond acceptors (Lipinski definition) is 5. The molecule has 1 saturated heterocycles. The van der Waals surface area contributed by atoms with Crippen LogP contribution < -0.4 is 10.6 Å². The van der Waals surface area contributed by atoms with Crippen LogP contribution in [0.1, 0.15) is 33.9 Å². The van der Waals surface area contributed by atoms with Crippen molar-refractivity contribution in [2.45, 2.75) is 33.4 Å². The van der Waals surface area contributed by atoms with E-state index in [-0.39, 0.29) is 6.04 Å². The number of aromatic nitrogens is 1. The third kappa shape index (κ3) is 6.56. The molecule has 188 valence electrons. The maximum atomic E-state index is 12.7. The summed E-state index contributed by atoms with van der Waals surface area (Å²) in [5, 5.41) is 5.66. The van der Waals surface area contributed by atoms with Crippen molar-refractivity contribution in [3.63, 3.8) is 0 Å². The fraction of sp³-hybridized carbons (Fsp3) is 0.345. The van der Waals surface area contributed by atoms with Gasteiger partial charge in [-0.05, 0) is 49.1 Å². The second-order valence-electron chi connectivity index (χ2n) is 9.54. The van der Waals surface area contributed by atoms with E-state index in [2.05, 4.69) is 49.7 Å². The third-order valence-corrected chi connectivity index (χ3v) is 6.74. The first-order valence-corrected chi connectivity index (χ1v) is 12.5. The number of piperazine rings is 1. The number of benzene rings is 2. The van der Waals surface area contributed by atoms with E-state index in [0.717, 1.165) is 55.0 Å². The highest BCUT2D eigenvalue weighted by Gasteiger charge is 2.27. The van der Waals surface area contributed by atoms with Crippen LogP contribution in [-0.4, -0.2) is 59.3 Å². The molecule has 1 aromatic heterocycles. The molecule has 0 aliphatic carbocycles. The zero-order chi connectivity index (χ0) is 25.5. The molecule has 3 aromatic rings. The number of carbonyl (C=O) groups excluding carboxylic acids is 2. The van der Waals surface area contributed by atoms with Gasteiger partial charge in [0.05, 0.1) is 6.04 Å². The van der Waals surface area contributed by atoms with Gasteiger partial charge in [-0.15, -0.1) is 0 Å². The van der Waals surface area contributed by atoms with Crippen LogP contribution in [0.2, 0.25) is 0 Å². The Morgan fingerprint density at radius 2 is 1.61 bits per heavy atom. The van der Waals surface area contributed by atoms with Crippen molar-refractivity contribution in [2.24, 2.45) is 0 Å². The normalized spacial score (nSPS) is 15.3. The van der Waals surface area contributed by atoms with E-state index in [1.165, 1.54) is 5.56 Å². The molecule has 0 saturated carbocycles. The molecule has 1 atom stereocenters. The van der Waals surface area contributed by atoms with Crippen LogP contribution in [0.5, 0.6) is 0 Å². The van der Waals surface area contributed by atoms with Gasteiger partial charge in [-0.3, -0.25) is 24.4 Å². The van der Waals surface area contributed by atoms with Crippen LogP contribution in [0, 0.1) is 20.8 Å². The van der Waals surface area contributed by atoms with Crippen LogP contribution in [0.15, 0.2) is 67.0 Å². The molecule has 2 aromatic carbocycles. The second-order valence-corrected chi connectivity index (χ2v) is 9.54. The minimum Gasteiger partial charge on any atom is -0.346 e. The van der Waals surface area contributed by atoms with Crippen LogP contribution in [0.3, 0.4) is 0 Å². The fourth-order valence-corrected chi connectivity index (χ4v) is 4.92. The molecule has 7 nitrogen and oxygen atoms in total. The Morgan fingerprint density at radius 3 is 2.25 bits per heavy atom. The van der Waals surface area contributed by atoms with Crippen LogP contribution in [0.4, 0.5) is 5.69 Å². The Bertz CT molecular complexity index is 1150. The third-order valence-electron chi connectivity index (χ3n) is 6.74. The number of rotatable bonds is 7. The Balaban J connectivity index is 1.37. The molecule has 4 rings (SSSR count). The largest absolute Gasteiger partial charge is 0.346 e. The number of carbonyl (C=O) groups is 2. The van der Waals surface area contributed by atoms with E-state index in [1.807, 2.05) is 57.3 Å². The topological polar surface area (TPSA) is 77.6 Å². The minimum atomic E-state index is -0.650. The first kappa shape index (κ1) is 25.5. The lowest BCUT2D eigenvalue weighted by Crippen LogP contribution is -2.50. The van der Waals surface area contributed by atoms with Gasteiger partial charge >= 0.3 is 11.8 Å². The van der Waals surface area contributed by atoms with Gasteiger partial charge in [0.25, 0.3) is 0 Å². The zero-order valence-corrected chi connectivity index (χ0v) is 21.3. The molecule has 0 radical (unpaired) electrons. The molecule has 7 heteroatoms. The van der Waals surface area contributed by atoms with E-state index >= 15 is 0 Å². The monoisotopic (exact) mass is 485 g/mol. The van der Waals surface area contributed by atoms with Gasteiger partial charge in [0.2, 0.25) is 0 Å². The molecule has 1 fully saturated rings. The van der Waals surface area contributed by atoms with Gasteiger partial charge in [-0.25, -0.2) is 0 Å². The standard InChI is InChI=1S/C29H35N5O2/c1-21-16-22(2)27(23(3)17-21)32-29(36)28(35)31-19-26(25-10-7-11-30-18-25)34-14-12-33(13-15-34)20-24-8-5-4-6-9-24/h4-11,16-18,26H,12-15,19-20H2,1-3H3,(H,31,35)(H,32,36)/t26-/m1/s1. The maximum absolute atomic E-state index is 12.7. The van der Waals surface area contributed by atoms with Gasteiger partial charge in [0.1, 0.15) is 0 Å². The highest BCUT2D eigenvalue weighted by molar-refractivity contribution is 6.39. The van der Waals surface area contributed by atoms with E-state index in [9.17, 15) is 9.59 Å². The number of nitrogens with one attached hydrogen (secondary N) is 2. The zero-order valence-electron chi connectivity index (χ0n) is 21.3. The molecule has 2 amide bonds. The summed E-state index contributed by atoms with van der Waals surface area (Å²) in [5.41, 5.74) is 6.03. The number of aryl methyl sites for hydroxylation is 3. The SMILES string of the molecule is Cc1cc(C)c(NC(=O)C(=O)NC[C@H](c2cccnc2)N2CCN(Cc3ccccc3)CC2)c(C)c1. The molecular weight excluding hydrogens is 450 g/mol. The molecule has 0 bridgehead atoms. The smallest absolute Gasteiger partial charge is 0.313 e. The lowest BCUT2D eigenvalue weighted by molar-refractivity contribution is -0.136. The Hall–Kier alpha value is -3.55. The van der Waals surface area contributed by atoms with Gasteiger partial charge in [0.15, 0.2) is 0 Å². The lowest BCUT2D eigenvalue weighted by atomic mass is 10.0. The van der Waals surface area contributed by atoms with Gasteiger partial charge < -0.3 is 10.6 Å². The van der Waals surface area contributed by atoms with Gasteiger partial charge in [0, 0.05) is 57.3 Å². The number of hydrogen-bond donors (Lipinski definition) is 2. The Kier molecular flexibility index (Phi) is 8.46. The average Bonchev–Trinajstić information content (AvgIpc) is 2.88. The lowest BCUT2D eigenvalue weighted by Gasteiger charge is -2.39. The summed E-state index contributed by atoms with van der Waals surface area (Å²) in [6.45, 7) is 10.8. The van der Waals surface area contributed by atoms with Crippen LogP contribution in [0.25, 0.3) is 0 Å². The van der Waals surface area contributed by atoms with E-state index in [1.54, 1.807) is 6.20 Å². The predicted molar refractivity (Wildman–Crippen MR) is 143 cm³/mol. The highest BCUT2D eigenvalue weighted by atomic mass is 16.2. The molecule has 1 aliphatic heterocycles. The summed E-state index contributed by atoms with van der Waals surface area (Å²) in [6, 6.07) is 18.4. The maximum Gasteiger partial charge on any atom is 0.313 e. The first-order valence-electron chi connectivity index (χ1n) is 12.5. The minimum absolute atomic E-state index is 0.0582. The Morgan fingerprint density at radius 1 is 0.917 bits per heavy atom. The fourth-order valence-electron chi connectivity index (χ4n) is 4.92. The Labute approximate surface area is 213 Å². The average molecular weight is 486 g/mol. The number of amides is 2. The molecule has 2 heterocycles. The summed E-state index contributed by atoms with van der Waals surface area (Å²) < 4.78 is 0. The van der Waals surface area contributed by atoms with Crippen LogP contribution in [-0.2, 0) is 16.1 Å². The van der Waals surface area contributed by atoms with Crippen LogP contribution >= 0.6 is 0 Å². The summed E-state index contributed by atoms with van der Waals surface area (Å²) in [4.78, 5) is 34.5. The van der Waals surface area contributed by atoms with Crippen molar-refractivity contribution in [3.05, 3.63) is 94.8 Å². The molecule has 0 unspecified atom stereocenters. The molecule has 36 heavy (non-hydrogen) atoms. The molecule has 1 aliphatic rings. The van der Waals surface area contributed by atoms with Crippen molar-refractivity contribution in [2.75, 3.05) is 38.0 Å².